The highest BCUT2D eigenvalue weighted by atomic mass is 19.1. The van der Waals surface area contributed by atoms with E-state index in [1.807, 2.05) is 6.07 Å². The van der Waals surface area contributed by atoms with Gasteiger partial charge in [-0.15, -0.1) is 0 Å². The lowest BCUT2D eigenvalue weighted by Gasteiger charge is -2.15. The van der Waals surface area contributed by atoms with Crippen LogP contribution in [0.15, 0.2) is 59.9 Å². The Hall–Kier alpha value is -3.41. The molecule has 0 bridgehead atoms. The van der Waals surface area contributed by atoms with Gasteiger partial charge in [0.15, 0.2) is 0 Å². The van der Waals surface area contributed by atoms with Gasteiger partial charge in [0.25, 0.3) is 5.56 Å². The quantitative estimate of drug-likeness (QED) is 0.685. The van der Waals surface area contributed by atoms with Crippen molar-refractivity contribution in [1.29, 1.82) is 0 Å². The second kappa shape index (κ2) is 6.96. The number of H-pyrrole nitrogens is 1. The van der Waals surface area contributed by atoms with E-state index in [9.17, 15) is 19.1 Å². The van der Waals surface area contributed by atoms with Crippen LogP contribution in [0.25, 0.3) is 21.9 Å². The molecule has 1 aromatic heterocycles. The van der Waals surface area contributed by atoms with Crippen molar-refractivity contribution in [1.82, 2.24) is 9.88 Å². The summed E-state index contributed by atoms with van der Waals surface area (Å²) in [6.07, 6.45) is 2.06. The van der Waals surface area contributed by atoms with Crippen molar-refractivity contribution in [2.24, 2.45) is 0 Å². The number of nitrogens with zero attached hydrogens (tertiary/aromatic N) is 1. The average molecular weight is 378 g/mol. The number of likely N-dealkylation sites (tertiary alicyclic amines) is 1. The molecule has 2 heterocycles. The summed E-state index contributed by atoms with van der Waals surface area (Å²) in [5, 5.41) is 11.1. The summed E-state index contributed by atoms with van der Waals surface area (Å²) in [7, 11) is 0. The first-order valence-corrected chi connectivity index (χ1v) is 9.04. The van der Waals surface area contributed by atoms with Crippen LogP contribution in [0.5, 0.6) is 5.75 Å². The number of hydrogen-bond donors (Lipinski definition) is 2. The molecule has 0 radical (unpaired) electrons. The molecular formula is C22H19FN2O3. The monoisotopic (exact) mass is 378 g/mol. The van der Waals surface area contributed by atoms with E-state index in [2.05, 4.69) is 11.6 Å². The van der Waals surface area contributed by atoms with Crippen LogP contribution in [0.3, 0.4) is 0 Å². The van der Waals surface area contributed by atoms with Crippen molar-refractivity contribution in [2.45, 2.75) is 12.3 Å². The number of benzene rings is 2. The van der Waals surface area contributed by atoms with E-state index >= 15 is 0 Å². The van der Waals surface area contributed by atoms with E-state index in [1.54, 1.807) is 23.1 Å². The number of phenolic OH excluding ortho intramolecular Hbond substituents is 1. The Labute approximate surface area is 160 Å². The van der Waals surface area contributed by atoms with Gasteiger partial charge >= 0.3 is 0 Å². The van der Waals surface area contributed by atoms with Gasteiger partial charge < -0.3 is 15.0 Å². The zero-order chi connectivity index (χ0) is 19.8. The van der Waals surface area contributed by atoms with Crippen LogP contribution in [-0.4, -0.2) is 34.0 Å². The minimum atomic E-state index is -0.551. The van der Waals surface area contributed by atoms with Crippen LogP contribution in [0, 0.1) is 5.82 Å². The number of phenols is 1. The number of carbonyl (C=O) groups excluding carboxylic acids is 1. The molecule has 1 saturated heterocycles. The van der Waals surface area contributed by atoms with Crippen molar-refractivity contribution >= 4 is 16.7 Å². The Bertz CT molecular complexity index is 1130. The number of hydrogen-bond acceptors (Lipinski definition) is 3. The molecule has 2 aromatic carbocycles. The molecule has 2 N–H and O–H groups in total. The van der Waals surface area contributed by atoms with E-state index in [4.69, 9.17) is 0 Å². The third-order valence-electron chi connectivity index (χ3n) is 5.26. The van der Waals surface area contributed by atoms with Crippen LogP contribution >= 0.6 is 0 Å². The van der Waals surface area contributed by atoms with E-state index in [0.717, 1.165) is 17.5 Å². The smallest absolute Gasteiger partial charge is 0.256 e. The molecule has 5 nitrogen and oxygen atoms in total. The number of amides is 1. The number of pyridine rings is 1. The number of halogens is 1. The Kier molecular flexibility index (Phi) is 4.47. The summed E-state index contributed by atoms with van der Waals surface area (Å²) in [6.45, 7) is 4.67. The fourth-order valence-corrected chi connectivity index (χ4v) is 3.80. The molecule has 0 aliphatic carbocycles. The number of aromatic hydroxyl groups is 1. The predicted molar refractivity (Wildman–Crippen MR) is 106 cm³/mol. The first-order valence-electron chi connectivity index (χ1n) is 9.04. The number of aromatic amines is 1. The zero-order valence-corrected chi connectivity index (χ0v) is 15.1. The number of rotatable bonds is 3. The lowest BCUT2D eigenvalue weighted by molar-refractivity contribution is -0.125. The van der Waals surface area contributed by atoms with Crippen LogP contribution in [0.4, 0.5) is 4.39 Å². The topological polar surface area (TPSA) is 73.4 Å². The molecule has 142 valence electrons. The van der Waals surface area contributed by atoms with Gasteiger partial charge in [0, 0.05) is 30.1 Å². The van der Waals surface area contributed by atoms with E-state index in [1.165, 1.54) is 24.3 Å². The minimum Gasteiger partial charge on any atom is -0.507 e. The molecule has 6 heteroatoms. The standard InChI is InChI=1S/C22H19FN2O3/c1-2-20(27)25-9-8-15(12-25)18-11-13-6-7-14(10-16(13)22(28)24-18)21-17(23)4-3-5-19(21)26/h2-7,10-11,15,26H,1,8-9,12H2,(H,24,28). The molecule has 4 rings (SSSR count). The summed E-state index contributed by atoms with van der Waals surface area (Å²) in [4.78, 5) is 29.1. The highest BCUT2D eigenvalue weighted by molar-refractivity contribution is 5.88. The Morgan fingerprint density at radius 3 is 2.86 bits per heavy atom. The third-order valence-corrected chi connectivity index (χ3v) is 5.26. The molecule has 1 atom stereocenters. The maximum absolute atomic E-state index is 14.2. The van der Waals surface area contributed by atoms with Crippen molar-refractivity contribution in [2.75, 3.05) is 13.1 Å². The molecule has 1 aliphatic rings. The largest absolute Gasteiger partial charge is 0.507 e. The Balaban J connectivity index is 1.73. The van der Waals surface area contributed by atoms with Crippen molar-refractivity contribution < 1.29 is 14.3 Å². The van der Waals surface area contributed by atoms with Crippen LogP contribution in [0.2, 0.25) is 0 Å². The summed E-state index contributed by atoms with van der Waals surface area (Å²) in [5.41, 5.74) is 1.00. The second-order valence-electron chi connectivity index (χ2n) is 6.96. The van der Waals surface area contributed by atoms with Gasteiger partial charge in [0.05, 0.1) is 5.56 Å². The molecule has 1 aliphatic heterocycles. The van der Waals surface area contributed by atoms with Gasteiger partial charge in [0.2, 0.25) is 5.91 Å². The third kappa shape index (κ3) is 3.07. The number of aromatic nitrogens is 1. The maximum atomic E-state index is 14.2. The fraction of sp³-hybridized carbons (Fsp3) is 0.182. The van der Waals surface area contributed by atoms with Crippen molar-refractivity contribution in [3.8, 4) is 16.9 Å². The van der Waals surface area contributed by atoms with Gasteiger partial charge in [0.1, 0.15) is 11.6 Å². The number of nitrogens with one attached hydrogen (secondary N) is 1. The molecule has 0 spiro atoms. The highest BCUT2D eigenvalue weighted by Crippen LogP contribution is 2.33. The first kappa shape index (κ1) is 18.0. The number of carbonyl (C=O) groups is 1. The second-order valence-corrected chi connectivity index (χ2v) is 6.96. The van der Waals surface area contributed by atoms with E-state index in [-0.39, 0.29) is 28.7 Å². The Morgan fingerprint density at radius 1 is 1.29 bits per heavy atom. The first-order chi connectivity index (χ1) is 13.5. The van der Waals surface area contributed by atoms with Crippen LogP contribution in [0.1, 0.15) is 18.0 Å². The molecule has 3 aromatic rings. The summed E-state index contributed by atoms with van der Waals surface area (Å²) >= 11 is 0. The molecule has 0 saturated carbocycles. The fourth-order valence-electron chi connectivity index (χ4n) is 3.80. The highest BCUT2D eigenvalue weighted by Gasteiger charge is 2.27. The lowest BCUT2D eigenvalue weighted by Crippen LogP contribution is -2.26. The van der Waals surface area contributed by atoms with Crippen molar-refractivity contribution in [3.63, 3.8) is 0 Å². The normalized spacial score (nSPS) is 16.5. The molecule has 28 heavy (non-hydrogen) atoms. The molecule has 1 amide bonds. The van der Waals surface area contributed by atoms with Crippen molar-refractivity contribution in [3.05, 3.63) is 77.0 Å². The molecule has 1 unspecified atom stereocenters. The SMILES string of the molecule is C=CC(=O)N1CCC(c2cc3ccc(-c4c(O)cccc4F)cc3c(=O)[nH]2)C1. The minimum absolute atomic E-state index is 0.0521. The molecular weight excluding hydrogens is 359 g/mol. The van der Waals surface area contributed by atoms with Crippen LogP contribution in [-0.2, 0) is 4.79 Å². The number of fused-ring (bicyclic) bond motifs is 1. The summed E-state index contributed by atoms with van der Waals surface area (Å²) in [6, 6.07) is 11.0. The lowest BCUT2D eigenvalue weighted by atomic mass is 9.98. The maximum Gasteiger partial charge on any atom is 0.256 e. The van der Waals surface area contributed by atoms with Gasteiger partial charge in [-0.05, 0) is 47.7 Å². The predicted octanol–water partition coefficient (Wildman–Crippen LogP) is 3.54. The van der Waals surface area contributed by atoms with Gasteiger partial charge in [-0.2, -0.15) is 0 Å². The van der Waals surface area contributed by atoms with Gasteiger partial charge in [-0.1, -0.05) is 24.8 Å². The Morgan fingerprint density at radius 2 is 2.11 bits per heavy atom. The average Bonchev–Trinajstić information content (AvgIpc) is 3.18. The summed E-state index contributed by atoms with van der Waals surface area (Å²) < 4.78 is 14.2. The zero-order valence-electron chi connectivity index (χ0n) is 15.1. The van der Waals surface area contributed by atoms with Crippen LogP contribution < -0.4 is 5.56 Å². The van der Waals surface area contributed by atoms with Gasteiger partial charge in [-0.3, -0.25) is 9.59 Å². The van der Waals surface area contributed by atoms with E-state index in [0.29, 0.717) is 24.0 Å². The summed E-state index contributed by atoms with van der Waals surface area (Å²) in [5.74, 6) is -0.785. The molecule has 1 fully saturated rings. The van der Waals surface area contributed by atoms with Gasteiger partial charge in [-0.25, -0.2) is 4.39 Å². The van der Waals surface area contributed by atoms with E-state index < -0.39 is 5.82 Å².